The van der Waals surface area contributed by atoms with Crippen LogP contribution in [0.1, 0.15) is 22.2 Å². The summed E-state index contributed by atoms with van der Waals surface area (Å²) < 4.78 is 3.91. The largest absolute Gasteiger partial charge is 0.359 e. The summed E-state index contributed by atoms with van der Waals surface area (Å²) in [6.45, 7) is 0. The molecule has 1 aliphatic rings. The Morgan fingerprint density at radius 2 is 1.91 bits per heavy atom. The van der Waals surface area contributed by atoms with Gasteiger partial charge in [-0.15, -0.1) is 5.10 Å². The van der Waals surface area contributed by atoms with E-state index in [0.29, 0.717) is 16.3 Å². The third-order valence-electron chi connectivity index (χ3n) is 3.69. The maximum Gasteiger partial charge on any atom is 0.262 e. The Bertz CT molecular complexity index is 851. The van der Waals surface area contributed by atoms with Crippen molar-refractivity contribution in [2.24, 2.45) is 0 Å². The molecule has 2 heterocycles. The van der Waals surface area contributed by atoms with Crippen LogP contribution in [0.3, 0.4) is 0 Å². The predicted octanol–water partition coefficient (Wildman–Crippen LogP) is 3.96. The third kappa shape index (κ3) is 2.46. The number of para-hydroxylation sites is 1. The molecule has 7 heteroatoms. The first-order valence-corrected chi connectivity index (χ1v) is 8.17. The zero-order chi connectivity index (χ0) is 15.8. The van der Waals surface area contributed by atoms with Crippen LogP contribution in [0, 0.1) is 0 Å². The summed E-state index contributed by atoms with van der Waals surface area (Å²) >= 11 is 7.22. The van der Waals surface area contributed by atoms with Crippen molar-refractivity contribution in [3.63, 3.8) is 0 Å². The van der Waals surface area contributed by atoms with E-state index in [1.54, 1.807) is 17.0 Å². The van der Waals surface area contributed by atoms with Crippen LogP contribution in [-0.4, -0.2) is 15.5 Å². The minimum absolute atomic E-state index is 0.0836. The molecule has 0 aliphatic carbocycles. The van der Waals surface area contributed by atoms with Crippen molar-refractivity contribution >= 4 is 40.4 Å². The first-order valence-electron chi connectivity index (χ1n) is 6.96. The second-order valence-corrected chi connectivity index (χ2v) is 6.12. The standard InChI is InChI=1S/C16H11ClN4OS/c17-10-5-7-11(8-6-10)21-15(14-9-23-20-19-14)18-13-4-2-1-3-12(13)16(21)22/h1-9,15,18H/t15-/m0/s1. The highest BCUT2D eigenvalue weighted by molar-refractivity contribution is 7.03. The van der Waals surface area contributed by atoms with Crippen molar-refractivity contribution in [3.05, 3.63) is 70.2 Å². The van der Waals surface area contributed by atoms with Crippen molar-refractivity contribution < 1.29 is 4.79 Å². The van der Waals surface area contributed by atoms with Crippen LogP contribution in [-0.2, 0) is 0 Å². The van der Waals surface area contributed by atoms with Crippen LogP contribution in [0.25, 0.3) is 0 Å². The summed E-state index contributed by atoms with van der Waals surface area (Å²) in [4.78, 5) is 14.7. The molecule has 4 rings (SSSR count). The molecule has 0 saturated heterocycles. The fourth-order valence-corrected chi connectivity index (χ4v) is 3.22. The van der Waals surface area contributed by atoms with Gasteiger partial charge in [-0.3, -0.25) is 9.69 Å². The van der Waals surface area contributed by atoms with Crippen molar-refractivity contribution in [1.29, 1.82) is 0 Å². The van der Waals surface area contributed by atoms with Crippen LogP contribution in [0.2, 0.25) is 5.02 Å². The van der Waals surface area contributed by atoms with Gasteiger partial charge in [0.05, 0.1) is 5.56 Å². The summed E-state index contributed by atoms with van der Waals surface area (Å²) in [6.07, 6.45) is -0.405. The number of nitrogens with one attached hydrogen (secondary N) is 1. The lowest BCUT2D eigenvalue weighted by Gasteiger charge is -2.36. The zero-order valence-electron chi connectivity index (χ0n) is 11.8. The maximum absolute atomic E-state index is 13.0. The summed E-state index contributed by atoms with van der Waals surface area (Å²) in [5.41, 5.74) is 2.87. The average molecular weight is 343 g/mol. The molecule has 1 atom stereocenters. The molecule has 0 fully saturated rings. The van der Waals surface area contributed by atoms with Gasteiger partial charge in [0.2, 0.25) is 0 Å². The lowest BCUT2D eigenvalue weighted by atomic mass is 10.1. The van der Waals surface area contributed by atoms with Crippen molar-refractivity contribution in [1.82, 2.24) is 9.59 Å². The molecule has 5 nitrogen and oxygen atoms in total. The van der Waals surface area contributed by atoms with Gasteiger partial charge in [-0.25, -0.2) is 0 Å². The van der Waals surface area contributed by atoms with Crippen LogP contribution >= 0.6 is 23.1 Å². The number of amides is 1. The van der Waals surface area contributed by atoms with Crippen LogP contribution < -0.4 is 10.2 Å². The molecular weight excluding hydrogens is 332 g/mol. The van der Waals surface area contributed by atoms with E-state index < -0.39 is 6.17 Å². The number of hydrogen-bond acceptors (Lipinski definition) is 5. The van der Waals surface area contributed by atoms with Crippen molar-refractivity contribution in [2.75, 3.05) is 10.2 Å². The minimum atomic E-state index is -0.405. The number of aromatic nitrogens is 2. The first kappa shape index (κ1) is 14.2. The highest BCUT2D eigenvalue weighted by atomic mass is 35.5. The van der Waals surface area contributed by atoms with Gasteiger partial charge in [-0.05, 0) is 47.9 Å². The Labute approximate surface area is 141 Å². The highest BCUT2D eigenvalue weighted by Gasteiger charge is 2.35. The van der Waals surface area contributed by atoms with E-state index in [0.717, 1.165) is 11.4 Å². The molecule has 1 aromatic heterocycles. The first-order chi connectivity index (χ1) is 11.2. The SMILES string of the molecule is O=C1c2ccccc2N[C@H](c2csnn2)N1c1ccc(Cl)cc1. The summed E-state index contributed by atoms with van der Waals surface area (Å²) in [7, 11) is 0. The molecule has 1 aliphatic heterocycles. The van der Waals surface area contributed by atoms with Gasteiger partial charge < -0.3 is 5.32 Å². The van der Waals surface area contributed by atoms with E-state index in [9.17, 15) is 4.79 Å². The second-order valence-electron chi connectivity index (χ2n) is 5.07. The van der Waals surface area contributed by atoms with Crippen molar-refractivity contribution in [3.8, 4) is 0 Å². The summed E-state index contributed by atoms with van der Waals surface area (Å²) in [6, 6.07) is 14.6. The van der Waals surface area contributed by atoms with E-state index in [1.807, 2.05) is 41.8 Å². The Morgan fingerprint density at radius 3 is 2.65 bits per heavy atom. The number of rotatable bonds is 2. The molecule has 0 saturated carbocycles. The monoisotopic (exact) mass is 342 g/mol. The van der Waals surface area contributed by atoms with E-state index in [4.69, 9.17) is 11.6 Å². The molecule has 0 bridgehead atoms. The summed E-state index contributed by atoms with van der Waals surface area (Å²) in [5.74, 6) is -0.0836. The van der Waals surface area contributed by atoms with Gasteiger partial charge in [0.25, 0.3) is 5.91 Å². The third-order valence-corrected chi connectivity index (χ3v) is 4.46. The van der Waals surface area contributed by atoms with Crippen molar-refractivity contribution in [2.45, 2.75) is 6.17 Å². The molecule has 0 radical (unpaired) electrons. The molecule has 0 unspecified atom stereocenters. The Balaban J connectivity index is 1.85. The average Bonchev–Trinajstić information content (AvgIpc) is 3.10. The van der Waals surface area contributed by atoms with Crippen LogP contribution in [0.5, 0.6) is 0 Å². The van der Waals surface area contributed by atoms with E-state index in [-0.39, 0.29) is 5.91 Å². The highest BCUT2D eigenvalue weighted by Crippen LogP contribution is 2.36. The maximum atomic E-state index is 13.0. The zero-order valence-corrected chi connectivity index (χ0v) is 13.4. The van der Waals surface area contributed by atoms with Crippen LogP contribution in [0.4, 0.5) is 11.4 Å². The van der Waals surface area contributed by atoms with E-state index in [2.05, 4.69) is 14.9 Å². The van der Waals surface area contributed by atoms with Gasteiger partial charge in [0, 0.05) is 21.8 Å². The quantitative estimate of drug-likeness (QED) is 0.765. The number of carbonyl (C=O) groups is 1. The lowest BCUT2D eigenvalue weighted by Crippen LogP contribution is -2.43. The topological polar surface area (TPSA) is 58.1 Å². The van der Waals surface area contributed by atoms with Crippen LogP contribution in [0.15, 0.2) is 53.9 Å². The molecule has 1 amide bonds. The number of halogens is 1. The fourth-order valence-electron chi connectivity index (χ4n) is 2.62. The lowest BCUT2D eigenvalue weighted by molar-refractivity contribution is 0.0974. The van der Waals surface area contributed by atoms with E-state index >= 15 is 0 Å². The number of nitrogens with zero attached hydrogens (tertiary/aromatic N) is 3. The number of fused-ring (bicyclic) bond motifs is 1. The number of hydrogen-bond donors (Lipinski definition) is 1. The minimum Gasteiger partial charge on any atom is -0.359 e. The number of benzene rings is 2. The second kappa shape index (κ2) is 5.64. The van der Waals surface area contributed by atoms with Gasteiger partial charge in [0.15, 0.2) is 6.17 Å². The predicted molar refractivity (Wildman–Crippen MR) is 91.0 cm³/mol. The number of anilines is 2. The number of carbonyl (C=O) groups excluding carboxylic acids is 1. The molecule has 3 aromatic rings. The van der Waals surface area contributed by atoms with E-state index in [1.165, 1.54) is 11.5 Å². The Hall–Kier alpha value is -2.44. The molecule has 23 heavy (non-hydrogen) atoms. The summed E-state index contributed by atoms with van der Waals surface area (Å²) in [5, 5.41) is 9.95. The molecule has 0 spiro atoms. The normalized spacial score (nSPS) is 16.8. The Kier molecular flexibility index (Phi) is 3.48. The molecule has 114 valence electrons. The molecule has 1 N–H and O–H groups in total. The molecule has 2 aromatic carbocycles. The van der Waals surface area contributed by atoms with Gasteiger partial charge >= 0.3 is 0 Å². The molecular formula is C16H11ClN4OS. The Morgan fingerprint density at radius 1 is 1.13 bits per heavy atom. The van der Waals surface area contributed by atoms with Gasteiger partial charge in [-0.1, -0.05) is 28.2 Å². The van der Waals surface area contributed by atoms with Gasteiger partial charge in [-0.2, -0.15) is 0 Å². The van der Waals surface area contributed by atoms with Gasteiger partial charge in [0.1, 0.15) is 5.69 Å². The fraction of sp³-hybridized carbons (Fsp3) is 0.0625. The smallest absolute Gasteiger partial charge is 0.262 e.